The Morgan fingerprint density at radius 2 is 1.19 bits per heavy atom. The monoisotopic (exact) mass is 208 g/mol. The van der Waals surface area contributed by atoms with Crippen LogP contribution in [0.2, 0.25) is 0 Å². The van der Waals surface area contributed by atoms with E-state index in [9.17, 15) is 0 Å². The van der Waals surface area contributed by atoms with Crippen molar-refractivity contribution in [1.82, 2.24) is 0 Å². The van der Waals surface area contributed by atoms with Crippen LogP contribution in [-0.2, 0) is 0 Å². The molecular formula is C12H8N4+2. The minimum atomic E-state index is 0.281. The summed E-state index contributed by atoms with van der Waals surface area (Å²) in [5, 5.41) is 28.1. The van der Waals surface area contributed by atoms with Gasteiger partial charge in [0.05, 0.1) is 10.7 Å². The standard InChI is InChI=1S/C12H6N4/c13-3-9-5-1-7-8(12(16)11(7)15)2-6(5)10(9)4-14/h1-2,13-16H/p+2. The summed E-state index contributed by atoms with van der Waals surface area (Å²) in [5.74, 6) is 5.14. The molecule has 0 heterocycles. The zero-order valence-corrected chi connectivity index (χ0v) is 8.31. The van der Waals surface area contributed by atoms with E-state index in [2.05, 4.69) is 11.7 Å². The van der Waals surface area contributed by atoms with E-state index in [-0.39, 0.29) is 10.7 Å². The van der Waals surface area contributed by atoms with Crippen molar-refractivity contribution >= 4 is 33.7 Å². The van der Waals surface area contributed by atoms with Crippen LogP contribution in [0.25, 0.3) is 21.9 Å². The van der Waals surface area contributed by atoms with E-state index in [0.717, 1.165) is 33.0 Å². The predicted molar refractivity (Wildman–Crippen MR) is 58.7 cm³/mol. The smallest absolute Gasteiger partial charge is 0.173 e. The van der Waals surface area contributed by atoms with Crippen molar-refractivity contribution in [2.75, 3.05) is 0 Å². The molecule has 4 heteroatoms. The summed E-state index contributed by atoms with van der Waals surface area (Å²) in [7, 11) is 0. The largest absolute Gasteiger partial charge is 0.298 e. The van der Waals surface area contributed by atoms with Gasteiger partial charge in [0, 0.05) is 21.9 Å². The highest BCUT2D eigenvalue weighted by Gasteiger charge is 2.31. The first-order chi connectivity index (χ1) is 7.69. The van der Waals surface area contributed by atoms with E-state index in [4.69, 9.17) is 21.6 Å². The molecule has 6 N–H and O–H groups in total. The molecule has 0 spiro atoms. The van der Waals surface area contributed by atoms with Crippen LogP contribution >= 0.6 is 0 Å². The van der Waals surface area contributed by atoms with Gasteiger partial charge in [0.25, 0.3) is 0 Å². The molecule has 0 unspecified atom stereocenters. The number of allylic oxidation sites excluding steroid dienone is 2. The molecule has 0 saturated carbocycles. The van der Waals surface area contributed by atoms with Crippen molar-refractivity contribution in [2.45, 2.75) is 0 Å². The lowest BCUT2D eigenvalue weighted by atomic mass is 9.77. The van der Waals surface area contributed by atoms with E-state index in [1.807, 2.05) is 12.1 Å². The Bertz CT molecular complexity index is 763. The second-order valence-corrected chi connectivity index (χ2v) is 3.73. The fourth-order valence-electron chi connectivity index (χ4n) is 2.14. The third kappa shape index (κ3) is 0.729. The lowest BCUT2D eigenvalue weighted by molar-refractivity contribution is -0.102. The molecule has 0 amide bonds. The average molecular weight is 208 g/mol. The number of nitrogens with two attached hydrogens (primary N) is 2. The summed E-state index contributed by atoms with van der Waals surface area (Å²) < 4.78 is 0. The molecule has 16 heavy (non-hydrogen) atoms. The maximum absolute atomic E-state index is 7.59. The number of fused-ring (bicyclic) bond motifs is 2. The Kier molecular flexibility index (Phi) is 1.38. The molecule has 4 nitrogen and oxygen atoms in total. The predicted octanol–water partition coefficient (Wildman–Crippen LogP) is -2.69. The second kappa shape index (κ2) is 2.52. The van der Waals surface area contributed by atoms with Crippen LogP contribution in [0.3, 0.4) is 0 Å². The van der Waals surface area contributed by atoms with Crippen molar-refractivity contribution in [3.05, 3.63) is 34.0 Å². The molecule has 3 rings (SSSR count). The highest BCUT2D eigenvalue weighted by atomic mass is 14.5. The van der Waals surface area contributed by atoms with E-state index >= 15 is 0 Å². The molecule has 0 saturated heterocycles. The van der Waals surface area contributed by atoms with Gasteiger partial charge in [0.15, 0.2) is 11.7 Å². The Balaban J connectivity index is 2.49. The minimum absolute atomic E-state index is 0.281. The number of benzene rings is 1. The summed E-state index contributed by atoms with van der Waals surface area (Å²) in [5.41, 5.74) is 3.36. The first-order valence-corrected chi connectivity index (χ1v) is 4.73. The number of rotatable bonds is 0. The van der Waals surface area contributed by atoms with Gasteiger partial charge in [-0.3, -0.25) is 10.8 Å². The van der Waals surface area contributed by atoms with Crippen LogP contribution < -0.4 is 21.5 Å². The highest BCUT2D eigenvalue weighted by molar-refractivity contribution is 6.31. The molecule has 0 atom stereocenters. The fourth-order valence-corrected chi connectivity index (χ4v) is 2.14. The molecule has 1 aliphatic carbocycles. The minimum Gasteiger partial charge on any atom is -0.298 e. The van der Waals surface area contributed by atoms with Gasteiger partial charge >= 0.3 is 0 Å². The Morgan fingerprint density at radius 3 is 1.50 bits per heavy atom. The number of hydrogen-bond donors (Lipinski definition) is 4. The number of nitrogens with one attached hydrogen (secondary N) is 2. The van der Waals surface area contributed by atoms with Crippen molar-refractivity contribution in [3.63, 3.8) is 0 Å². The average Bonchev–Trinajstić information content (AvgIpc) is 2.30. The molecule has 0 aliphatic heterocycles. The van der Waals surface area contributed by atoms with Gasteiger partial charge in [-0.2, -0.15) is 0 Å². The van der Waals surface area contributed by atoms with E-state index < -0.39 is 0 Å². The van der Waals surface area contributed by atoms with Crippen LogP contribution in [0.15, 0.2) is 12.1 Å². The van der Waals surface area contributed by atoms with Gasteiger partial charge in [-0.15, -0.1) is 0 Å². The van der Waals surface area contributed by atoms with E-state index in [1.54, 1.807) is 0 Å². The molecular weight excluding hydrogens is 200 g/mol. The molecule has 0 radical (unpaired) electrons. The van der Waals surface area contributed by atoms with Crippen molar-refractivity contribution in [1.29, 1.82) is 10.8 Å². The Hall–Kier alpha value is -2.54. The Labute approximate surface area is 89.9 Å². The van der Waals surface area contributed by atoms with Gasteiger partial charge in [-0.05, 0) is 12.1 Å². The summed E-state index contributed by atoms with van der Waals surface area (Å²) in [6.07, 6.45) is 0. The maximum atomic E-state index is 7.59. The lowest BCUT2D eigenvalue weighted by Crippen LogP contribution is -2.34. The van der Waals surface area contributed by atoms with Crippen LogP contribution in [0.4, 0.5) is 0 Å². The van der Waals surface area contributed by atoms with Gasteiger partial charge in [-0.1, -0.05) is 0 Å². The molecule has 2 aromatic rings. The van der Waals surface area contributed by atoms with E-state index in [0.29, 0.717) is 0 Å². The van der Waals surface area contributed by atoms with Crippen LogP contribution in [0, 0.1) is 10.8 Å². The molecule has 0 aromatic heterocycles. The zero-order valence-electron chi connectivity index (χ0n) is 8.31. The third-order valence-electron chi connectivity index (χ3n) is 3.02. The molecule has 0 fully saturated rings. The number of hydrogen-bond acceptors (Lipinski definition) is 2. The molecule has 74 valence electrons. The van der Waals surface area contributed by atoms with Crippen molar-refractivity contribution < 1.29 is 10.8 Å². The summed E-state index contributed by atoms with van der Waals surface area (Å²) >= 11 is 0. The maximum Gasteiger partial charge on any atom is 0.173 e. The molecule has 2 aromatic carbocycles. The third-order valence-corrected chi connectivity index (χ3v) is 3.02. The van der Waals surface area contributed by atoms with Crippen LogP contribution in [-0.4, -0.2) is 11.7 Å². The van der Waals surface area contributed by atoms with Gasteiger partial charge in [0.2, 0.25) is 0 Å². The summed E-state index contributed by atoms with van der Waals surface area (Å²) in [6.45, 7) is 0. The quantitative estimate of drug-likeness (QED) is 0.339. The summed E-state index contributed by atoms with van der Waals surface area (Å²) in [6, 6.07) is 3.72. The van der Waals surface area contributed by atoms with Crippen molar-refractivity contribution in [2.24, 2.45) is 0 Å². The Morgan fingerprint density at radius 1 is 0.812 bits per heavy atom. The van der Waals surface area contributed by atoms with Gasteiger partial charge in [0.1, 0.15) is 11.1 Å². The van der Waals surface area contributed by atoms with Crippen LogP contribution in [0.5, 0.6) is 0 Å². The van der Waals surface area contributed by atoms with Crippen LogP contribution in [0.1, 0.15) is 11.1 Å². The van der Waals surface area contributed by atoms with Crippen molar-refractivity contribution in [3.8, 4) is 0 Å². The first kappa shape index (κ1) is 8.74. The normalized spacial score (nSPS) is 13.2. The molecule has 0 bridgehead atoms. The van der Waals surface area contributed by atoms with Gasteiger partial charge in [-0.25, -0.2) is 10.8 Å². The summed E-state index contributed by atoms with van der Waals surface area (Å²) in [4.78, 5) is 0. The SMILES string of the molecule is N=c1c(=N)c2cc3c(cc12)C(=C=[NH2+])C3=C=[NH2+]. The molecule has 1 aliphatic rings. The fraction of sp³-hybridized carbons (Fsp3) is 0. The first-order valence-electron chi connectivity index (χ1n) is 4.73. The zero-order chi connectivity index (χ0) is 11.4. The highest BCUT2D eigenvalue weighted by Crippen LogP contribution is 2.42. The van der Waals surface area contributed by atoms with Gasteiger partial charge < -0.3 is 0 Å². The topological polar surface area (TPSA) is 98.9 Å². The second-order valence-electron chi connectivity index (χ2n) is 3.73. The lowest BCUT2D eigenvalue weighted by Gasteiger charge is -2.21. The van der Waals surface area contributed by atoms with E-state index in [1.165, 1.54) is 0 Å².